The molecule has 0 radical (unpaired) electrons. The van der Waals surface area contributed by atoms with Crippen LogP contribution in [-0.4, -0.2) is 34.0 Å². The summed E-state index contributed by atoms with van der Waals surface area (Å²) >= 11 is 6.36. The molecule has 144 valence electrons. The van der Waals surface area contributed by atoms with Crippen LogP contribution in [0, 0.1) is 0 Å². The maximum Gasteiger partial charge on any atom is 0.349 e. The van der Waals surface area contributed by atoms with Gasteiger partial charge in [-0.25, -0.2) is 4.79 Å². The smallest absolute Gasteiger partial charge is 0.349 e. The van der Waals surface area contributed by atoms with Crippen LogP contribution in [0.5, 0.6) is 11.5 Å². The number of methoxy groups -OCH3 is 1. The first-order chi connectivity index (χ1) is 14.0. The van der Waals surface area contributed by atoms with E-state index < -0.39 is 17.7 Å². The van der Waals surface area contributed by atoms with Crippen LogP contribution in [0.25, 0.3) is 6.08 Å². The fraction of sp³-hybridized carbons (Fsp3) is 0.0476. The third kappa shape index (κ3) is 3.48. The monoisotopic (exact) mass is 423 g/mol. The Kier molecular flexibility index (Phi) is 5.04. The summed E-state index contributed by atoms with van der Waals surface area (Å²) in [6, 6.07) is 13.7. The molecular weight excluding hydrogens is 410 g/mol. The van der Waals surface area contributed by atoms with Crippen molar-refractivity contribution in [3.8, 4) is 11.5 Å². The summed E-state index contributed by atoms with van der Waals surface area (Å²) in [5.74, 6) is -0.964. The van der Waals surface area contributed by atoms with E-state index >= 15 is 0 Å². The van der Waals surface area contributed by atoms with Gasteiger partial charge >= 0.3 is 5.97 Å². The quantitative estimate of drug-likeness (QED) is 0.246. The molecule has 29 heavy (non-hydrogen) atoms. The van der Waals surface area contributed by atoms with E-state index in [-0.39, 0.29) is 21.2 Å². The second-order valence-electron chi connectivity index (χ2n) is 6.05. The number of ketones is 1. The molecule has 8 heteroatoms. The van der Waals surface area contributed by atoms with Crippen molar-refractivity contribution in [3.63, 3.8) is 0 Å². The summed E-state index contributed by atoms with van der Waals surface area (Å²) in [6.45, 7) is 0. The summed E-state index contributed by atoms with van der Waals surface area (Å²) in [4.78, 5) is 39.3. The normalized spacial score (nSPS) is 19.0. The third-order valence-electron chi connectivity index (χ3n) is 4.31. The first-order valence-electron chi connectivity index (χ1n) is 8.47. The lowest BCUT2D eigenvalue weighted by atomic mass is 10.0. The number of nitrogens with zero attached hydrogens (tertiary/aromatic N) is 1. The van der Waals surface area contributed by atoms with E-state index in [1.165, 1.54) is 6.07 Å². The molecular formula is C21H13NO5S2. The molecule has 1 amide bonds. The van der Waals surface area contributed by atoms with Crippen LogP contribution in [0.4, 0.5) is 0 Å². The SMILES string of the molecule is COc1ccccc1/C=C1/SC(=S)N(/C=C2/C(=O)Oc3ccccc3C2=O)C1=O. The second-order valence-corrected chi connectivity index (χ2v) is 7.73. The van der Waals surface area contributed by atoms with Crippen molar-refractivity contribution in [2.75, 3.05) is 7.11 Å². The van der Waals surface area contributed by atoms with Gasteiger partial charge in [0.15, 0.2) is 4.32 Å². The Labute approximate surface area is 175 Å². The van der Waals surface area contributed by atoms with Crippen molar-refractivity contribution in [1.29, 1.82) is 0 Å². The number of ether oxygens (including phenoxy) is 2. The van der Waals surface area contributed by atoms with E-state index in [1.807, 2.05) is 18.2 Å². The molecule has 2 aromatic rings. The number of benzene rings is 2. The van der Waals surface area contributed by atoms with Gasteiger partial charge in [0.2, 0.25) is 5.78 Å². The Morgan fingerprint density at radius 3 is 2.59 bits per heavy atom. The van der Waals surface area contributed by atoms with E-state index in [4.69, 9.17) is 21.7 Å². The largest absolute Gasteiger partial charge is 0.496 e. The minimum Gasteiger partial charge on any atom is -0.496 e. The number of hydrogen-bond donors (Lipinski definition) is 0. The molecule has 2 aliphatic heterocycles. The molecule has 1 fully saturated rings. The molecule has 1 saturated heterocycles. The maximum atomic E-state index is 12.9. The van der Waals surface area contributed by atoms with E-state index in [9.17, 15) is 14.4 Å². The number of rotatable bonds is 3. The van der Waals surface area contributed by atoms with Crippen LogP contribution in [0.15, 0.2) is 65.2 Å². The topological polar surface area (TPSA) is 72.9 Å². The Hall–Kier alpha value is -3.23. The number of para-hydroxylation sites is 2. The Balaban J connectivity index is 1.67. The molecule has 0 saturated carbocycles. The van der Waals surface area contributed by atoms with Gasteiger partial charge in [-0.1, -0.05) is 54.3 Å². The lowest BCUT2D eigenvalue weighted by Gasteiger charge is -2.18. The number of fused-ring (bicyclic) bond motifs is 1. The number of esters is 1. The summed E-state index contributed by atoms with van der Waals surface area (Å²) in [6.07, 6.45) is 2.81. The van der Waals surface area contributed by atoms with Gasteiger partial charge in [0.1, 0.15) is 17.1 Å². The van der Waals surface area contributed by atoms with E-state index in [0.717, 1.165) is 22.9 Å². The van der Waals surface area contributed by atoms with Gasteiger partial charge in [-0.2, -0.15) is 0 Å². The molecule has 0 unspecified atom stereocenters. The zero-order chi connectivity index (χ0) is 20.5. The molecule has 6 nitrogen and oxygen atoms in total. The van der Waals surface area contributed by atoms with Gasteiger partial charge in [0.05, 0.1) is 17.6 Å². The molecule has 4 rings (SSSR count). The van der Waals surface area contributed by atoms with Crippen LogP contribution >= 0.6 is 24.0 Å². The highest BCUT2D eigenvalue weighted by Crippen LogP contribution is 2.36. The van der Waals surface area contributed by atoms with Crippen molar-refractivity contribution in [2.45, 2.75) is 0 Å². The fourth-order valence-corrected chi connectivity index (χ4v) is 4.09. The number of carbonyl (C=O) groups excluding carboxylic acids is 3. The summed E-state index contributed by atoms with van der Waals surface area (Å²) in [7, 11) is 1.54. The van der Waals surface area contributed by atoms with Crippen LogP contribution in [0.1, 0.15) is 15.9 Å². The van der Waals surface area contributed by atoms with Crippen molar-refractivity contribution < 1.29 is 23.9 Å². The average molecular weight is 423 g/mol. The number of Topliss-reactive ketones (excluding diaryl/α,β-unsaturated/α-hetero) is 1. The van der Waals surface area contributed by atoms with E-state index in [2.05, 4.69) is 0 Å². The van der Waals surface area contributed by atoms with Crippen molar-refractivity contribution >= 4 is 52.0 Å². The van der Waals surface area contributed by atoms with Gasteiger partial charge in [0, 0.05) is 11.8 Å². The third-order valence-corrected chi connectivity index (χ3v) is 5.64. The maximum absolute atomic E-state index is 12.9. The van der Waals surface area contributed by atoms with Crippen molar-refractivity contribution in [3.05, 3.63) is 76.3 Å². The Morgan fingerprint density at radius 1 is 1.07 bits per heavy atom. The Morgan fingerprint density at radius 2 is 1.79 bits per heavy atom. The van der Waals surface area contributed by atoms with Crippen LogP contribution < -0.4 is 9.47 Å². The zero-order valence-electron chi connectivity index (χ0n) is 15.1. The van der Waals surface area contributed by atoms with Crippen LogP contribution in [0.2, 0.25) is 0 Å². The Bertz CT molecular complexity index is 1140. The van der Waals surface area contributed by atoms with E-state index in [0.29, 0.717) is 16.2 Å². The summed E-state index contributed by atoms with van der Waals surface area (Å²) in [5, 5.41) is 0. The standard InChI is InChI=1S/C21H13NO5S2/c1-26-15-8-4-2-6-12(15)10-17-19(24)22(21(28)29-17)11-14-18(23)13-7-3-5-9-16(13)27-20(14)25/h2-11H,1H3/b14-11+,17-10+. The molecule has 2 heterocycles. The molecule has 0 bridgehead atoms. The number of hydrogen-bond acceptors (Lipinski definition) is 7. The summed E-state index contributed by atoms with van der Waals surface area (Å²) in [5.41, 5.74) is 0.720. The molecule has 0 spiro atoms. The molecule has 0 N–H and O–H groups in total. The lowest BCUT2D eigenvalue weighted by molar-refractivity contribution is -0.130. The fourth-order valence-electron chi connectivity index (χ4n) is 2.89. The molecule has 0 atom stereocenters. The van der Waals surface area contributed by atoms with Gasteiger partial charge < -0.3 is 9.47 Å². The zero-order valence-corrected chi connectivity index (χ0v) is 16.7. The molecule has 0 aliphatic carbocycles. The highest BCUT2D eigenvalue weighted by atomic mass is 32.2. The minimum atomic E-state index is -0.823. The van der Waals surface area contributed by atoms with E-state index in [1.54, 1.807) is 37.5 Å². The van der Waals surface area contributed by atoms with Crippen molar-refractivity contribution in [1.82, 2.24) is 4.90 Å². The average Bonchev–Trinajstić information content (AvgIpc) is 2.98. The van der Waals surface area contributed by atoms with Crippen LogP contribution in [-0.2, 0) is 9.59 Å². The molecule has 2 aliphatic rings. The van der Waals surface area contributed by atoms with Gasteiger partial charge in [0.25, 0.3) is 5.91 Å². The minimum absolute atomic E-state index is 0.195. The predicted octanol–water partition coefficient (Wildman–Crippen LogP) is 3.58. The first kappa shape index (κ1) is 19.1. The number of carbonyl (C=O) groups is 3. The number of thiocarbonyl (C=S) groups is 1. The van der Waals surface area contributed by atoms with Crippen molar-refractivity contribution in [2.24, 2.45) is 0 Å². The second kappa shape index (κ2) is 7.65. The first-order valence-corrected chi connectivity index (χ1v) is 9.70. The van der Waals surface area contributed by atoms with Gasteiger partial charge in [-0.3, -0.25) is 14.5 Å². The van der Waals surface area contributed by atoms with Gasteiger partial charge in [-0.05, 0) is 24.3 Å². The number of amides is 1. The molecule has 2 aromatic carbocycles. The highest BCUT2D eigenvalue weighted by molar-refractivity contribution is 8.26. The number of thioether (sulfide) groups is 1. The lowest BCUT2D eigenvalue weighted by Crippen LogP contribution is -2.30. The summed E-state index contributed by atoms with van der Waals surface area (Å²) < 4.78 is 10.7. The molecule has 0 aromatic heterocycles. The highest BCUT2D eigenvalue weighted by Gasteiger charge is 2.36. The van der Waals surface area contributed by atoms with Gasteiger partial charge in [-0.15, -0.1) is 0 Å². The van der Waals surface area contributed by atoms with Crippen LogP contribution in [0.3, 0.4) is 0 Å². The predicted molar refractivity (Wildman–Crippen MR) is 112 cm³/mol.